The van der Waals surface area contributed by atoms with E-state index in [1.165, 1.54) is 0 Å². The SMILES string of the molecule is Cc1cc(N)c(Cl)cc1NC(=O)CC(C)C(C)(C)C. The molecule has 1 aromatic rings. The summed E-state index contributed by atoms with van der Waals surface area (Å²) in [7, 11) is 0. The Bertz CT molecular complexity index is 478. The second-order valence-corrected chi connectivity index (χ2v) is 6.62. The topological polar surface area (TPSA) is 55.1 Å². The number of nitrogens with one attached hydrogen (secondary N) is 1. The molecule has 106 valence electrons. The largest absolute Gasteiger partial charge is 0.398 e. The van der Waals surface area contributed by atoms with E-state index in [4.69, 9.17) is 17.3 Å². The van der Waals surface area contributed by atoms with Crippen LogP contribution in [0.2, 0.25) is 5.02 Å². The van der Waals surface area contributed by atoms with Crippen molar-refractivity contribution >= 4 is 28.9 Å². The maximum atomic E-state index is 12.0. The summed E-state index contributed by atoms with van der Waals surface area (Å²) in [4.78, 5) is 12.0. The molecule has 0 fully saturated rings. The third-order valence-electron chi connectivity index (χ3n) is 3.59. The first-order valence-electron chi connectivity index (χ1n) is 6.46. The van der Waals surface area contributed by atoms with Crippen molar-refractivity contribution in [2.75, 3.05) is 11.1 Å². The number of nitrogens with two attached hydrogens (primary N) is 1. The van der Waals surface area contributed by atoms with Crippen LogP contribution in [0.4, 0.5) is 11.4 Å². The molecule has 1 rings (SSSR count). The van der Waals surface area contributed by atoms with E-state index >= 15 is 0 Å². The van der Waals surface area contributed by atoms with E-state index in [0.29, 0.717) is 23.0 Å². The second-order valence-electron chi connectivity index (χ2n) is 6.21. The number of benzene rings is 1. The Labute approximate surface area is 120 Å². The van der Waals surface area contributed by atoms with Crippen molar-refractivity contribution < 1.29 is 4.79 Å². The second kappa shape index (κ2) is 5.83. The van der Waals surface area contributed by atoms with E-state index in [0.717, 1.165) is 11.3 Å². The number of rotatable bonds is 3. The molecule has 0 heterocycles. The Morgan fingerprint density at radius 1 is 1.42 bits per heavy atom. The number of hydrogen-bond acceptors (Lipinski definition) is 2. The summed E-state index contributed by atoms with van der Waals surface area (Å²) in [5.74, 6) is 0.309. The summed E-state index contributed by atoms with van der Waals surface area (Å²) in [5.41, 5.74) is 8.00. The van der Waals surface area contributed by atoms with Gasteiger partial charge in [-0.15, -0.1) is 0 Å². The molecular weight excluding hydrogens is 260 g/mol. The van der Waals surface area contributed by atoms with Crippen LogP contribution < -0.4 is 11.1 Å². The van der Waals surface area contributed by atoms with E-state index in [1.807, 2.05) is 6.92 Å². The van der Waals surface area contributed by atoms with Gasteiger partial charge >= 0.3 is 0 Å². The van der Waals surface area contributed by atoms with E-state index in [1.54, 1.807) is 12.1 Å². The maximum Gasteiger partial charge on any atom is 0.224 e. The highest BCUT2D eigenvalue weighted by atomic mass is 35.5. The fourth-order valence-electron chi connectivity index (χ4n) is 1.62. The lowest BCUT2D eigenvalue weighted by molar-refractivity contribution is -0.117. The third-order valence-corrected chi connectivity index (χ3v) is 3.92. The van der Waals surface area contributed by atoms with Crippen LogP contribution in [0.15, 0.2) is 12.1 Å². The lowest BCUT2D eigenvalue weighted by Crippen LogP contribution is -2.24. The number of hydrogen-bond donors (Lipinski definition) is 2. The van der Waals surface area contributed by atoms with Crippen molar-refractivity contribution in [3.63, 3.8) is 0 Å². The standard InChI is InChI=1S/C15H23ClN2O/c1-9-6-12(17)11(16)8-13(9)18-14(19)7-10(2)15(3,4)5/h6,8,10H,7,17H2,1-5H3,(H,18,19). The van der Waals surface area contributed by atoms with Crippen LogP contribution in [-0.2, 0) is 4.79 Å². The lowest BCUT2D eigenvalue weighted by Gasteiger charge is -2.26. The first-order valence-corrected chi connectivity index (χ1v) is 6.84. The predicted molar refractivity (Wildman–Crippen MR) is 82.5 cm³/mol. The molecule has 0 aromatic heterocycles. The number of nitrogen functional groups attached to an aromatic ring is 1. The van der Waals surface area contributed by atoms with Gasteiger partial charge in [0.05, 0.1) is 10.7 Å². The molecule has 0 aliphatic carbocycles. The summed E-state index contributed by atoms with van der Waals surface area (Å²) < 4.78 is 0. The normalized spacial score (nSPS) is 13.2. The van der Waals surface area contributed by atoms with Crippen LogP contribution in [0.3, 0.4) is 0 Å². The highest BCUT2D eigenvalue weighted by molar-refractivity contribution is 6.33. The van der Waals surface area contributed by atoms with Gasteiger partial charge in [-0.1, -0.05) is 39.3 Å². The number of halogens is 1. The number of carbonyl (C=O) groups excluding carboxylic acids is 1. The molecule has 3 nitrogen and oxygen atoms in total. The monoisotopic (exact) mass is 282 g/mol. The highest BCUT2D eigenvalue weighted by Crippen LogP contribution is 2.30. The molecule has 4 heteroatoms. The van der Waals surface area contributed by atoms with Gasteiger partial charge in [0, 0.05) is 12.1 Å². The quantitative estimate of drug-likeness (QED) is 0.815. The molecule has 0 aliphatic heterocycles. The molecule has 0 saturated carbocycles. The molecule has 19 heavy (non-hydrogen) atoms. The van der Waals surface area contributed by atoms with Crippen LogP contribution in [0.1, 0.15) is 39.7 Å². The Morgan fingerprint density at radius 3 is 2.53 bits per heavy atom. The molecular formula is C15H23ClN2O. The molecule has 0 bridgehead atoms. The van der Waals surface area contributed by atoms with Gasteiger partial charge in [0.2, 0.25) is 5.91 Å². The Hall–Kier alpha value is -1.22. The number of amides is 1. The lowest BCUT2D eigenvalue weighted by atomic mass is 9.80. The van der Waals surface area contributed by atoms with Crippen molar-refractivity contribution in [3.05, 3.63) is 22.7 Å². The molecule has 1 atom stereocenters. The van der Waals surface area contributed by atoms with Crippen molar-refractivity contribution in [1.29, 1.82) is 0 Å². The van der Waals surface area contributed by atoms with Crippen molar-refractivity contribution in [1.82, 2.24) is 0 Å². The zero-order valence-corrected chi connectivity index (χ0v) is 13.1. The molecule has 1 aromatic carbocycles. The Kier molecular flexibility index (Phi) is 4.86. The average molecular weight is 283 g/mol. The van der Waals surface area contributed by atoms with Crippen LogP contribution in [-0.4, -0.2) is 5.91 Å². The number of aryl methyl sites for hydroxylation is 1. The van der Waals surface area contributed by atoms with Gasteiger partial charge < -0.3 is 11.1 Å². The van der Waals surface area contributed by atoms with Crippen LogP contribution >= 0.6 is 11.6 Å². The highest BCUT2D eigenvalue weighted by Gasteiger charge is 2.22. The maximum absolute atomic E-state index is 12.0. The van der Waals surface area contributed by atoms with Crippen molar-refractivity contribution in [2.24, 2.45) is 11.3 Å². The van der Waals surface area contributed by atoms with Crippen LogP contribution in [0, 0.1) is 18.3 Å². The van der Waals surface area contributed by atoms with Gasteiger partial charge in [-0.2, -0.15) is 0 Å². The molecule has 0 aliphatic rings. The summed E-state index contributed by atoms with van der Waals surface area (Å²) in [6, 6.07) is 3.47. The predicted octanol–water partition coefficient (Wildman–Crippen LogP) is 4.24. The summed E-state index contributed by atoms with van der Waals surface area (Å²) in [5, 5.41) is 3.37. The summed E-state index contributed by atoms with van der Waals surface area (Å²) >= 11 is 5.97. The van der Waals surface area contributed by atoms with E-state index in [2.05, 4.69) is 33.0 Å². The molecule has 0 spiro atoms. The fraction of sp³-hybridized carbons (Fsp3) is 0.533. The summed E-state index contributed by atoms with van der Waals surface area (Å²) in [6.45, 7) is 10.4. The first kappa shape index (κ1) is 15.8. The minimum Gasteiger partial charge on any atom is -0.398 e. The van der Waals surface area contributed by atoms with Crippen LogP contribution in [0.25, 0.3) is 0 Å². The fourth-order valence-corrected chi connectivity index (χ4v) is 1.79. The smallest absolute Gasteiger partial charge is 0.224 e. The third kappa shape index (κ3) is 4.43. The summed E-state index contributed by atoms with van der Waals surface area (Å²) in [6.07, 6.45) is 0.491. The number of carbonyl (C=O) groups is 1. The van der Waals surface area contributed by atoms with Gasteiger partial charge in [-0.3, -0.25) is 4.79 Å². The molecule has 1 unspecified atom stereocenters. The Morgan fingerprint density at radius 2 is 2.00 bits per heavy atom. The van der Waals surface area contributed by atoms with Crippen molar-refractivity contribution in [3.8, 4) is 0 Å². The molecule has 0 radical (unpaired) electrons. The zero-order valence-electron chi connectivity index (χ0n) is 12.3. The van der Waals surface area contributed by atoms with Gasteiger partial charge in [0.1, 0.15) is 0 Å². The van der Waals surface area contributed by atoms with Gasteiger partial charge in [0.15, 0.2) is 0 Å². The average Bonchev–Trinajstić information content (AvgIpc) is 2.24. The van der Waals surface area contributed by atoms with E-state index < -0.39 is 0 Å². The zero-order chi connectivity index (χ0) is 14.8. The van der Waals surface area contributed by atoms with Gasteiger partial charge in [-0.25, -0.2) is 0 Å². The van der Waals surface area contributed by atoms with Gasteiger partial charge in [0.25, 0.3) is 0 Å². The first-order chi connectivity index (χ1) is 8.61. The van der Waals surface area contributed by atoms with Crippen LogP contribution in [0.5, 0.6) is 0 Å². The number of anilines is 2. The Balaban J connectivity index is 2.76. The molecule has 0 saturated heterocycles. The van der Waals surface area contributed by atoms with Gasteiger partial charge in [-0.05, 0) is 36.0 Å². The minimum atomic E-state index is 0.00589. The van der Waals surface area contributed by atoms with Crippen molar-refractivity contribution in [2.45, 2.75) is 41.0 Å². The minimum absolute atomic E-state index is 0.00589. The molecule has 1 amide bonds. The van der Waals surface area contributed by atoms with E-state index in [-0.39, 0.29) is 11.3 Å². The van der Waals surface area contributed by atoms with E-state index in [9.17, 15) is 4.79 Å². The molecule has 3 N–H and O–H groups in total.